The minimum Gasteiger partial charge on any atom is -0.389 e. The van der Waals surface area contributed by atoms with Gasteiger partial charge in [0, 0.05) is 11.5 Å². The average Bonchev–Trinajstić information content (AvgIpc) is 3.13. The van der Waals surface area contributed by atoms with Gasteiger partial charge in [-0.2, -0.15) is 0 Å². The fraction of sp³-hybridized carbons (Fsp3) is 0.467. The van der Waals surface area contributed by atoms with Crippen molar-refractivity contribution in [2.75, 3.05) is 5.32 Å². The number of fused-ring (bicyclic) bond motifs is 1. The van der Waals surface area contributed by atoms with Crippen molar-refractivity contribution in [2.45, 2.75) is 25.7 Å². The molecule has 2 saturated carbocycles. The molecule has 0 aliphatic heterocycles. The molecule has 1 aromatic rings. The van der Waals surface area contributed by atoms with Gasteiger partial charge in [-0.05, 0) is 36.8 Å². The summed E-state index contributed by atoms with van der Waals surface area (Å²) in [6, 6.07) is 7.47. The molecule has 3 rings (SSSR count). The second kappa shape index (κ2) is 4.93. The number of thiocarbonyl (C=S) groups is 1. The first-order valence-electron chi connectivity index (χ1n) is 6.88. The zero-order chi connectivity index (χ0) is 13.4. The number of hydrogen-bond donors (Lipinski definition) is 2. The van der Waals surface area contributed by atoms with Crippen LogP contribution < -0.4 is 11.1 Å². The van der Waals surface area contributed by atoms with Gasteiger partial charge < -0.3 is 11.1 Å². The predicted octanol–water partition coefficient (Wildman–Crippen LogP) is 2.70. The number of carbonyl (C=O) groups is 1. The largest absolute Gasteiger partial charge is 0.389 e. The number of nitrogens with two attached hydrogens (primary N) is 1. The zero-order valence-corrected chi connectivity index (χ0v) is 11.6. The van der Waals surface area contributed by atoms with E-state index in [-0.39, 0.29) is 11.8 Å². The molecule has 0 radical (unpaired) electrons. The van der Waals surface area contributed by atoms with Gasteiger partial charge in [0.15, 0.2) is 0 Å². The van der Waals surface area contributed by atoms with Crippen molar-refractivity contribution < 1.29 is 4.79 Å². The molecule has 100 valence electrons. The Morgan fingerprint density at radius 1 is 1.21 bits per heavy atom. The first kappa shape index (κ1) is 12.6. The van der Waals surface area contributed by atoms with Crippen LogP contribution in [0, 0.1) is 17.8 Å². The fourth-order valence-corrected chi connectivity index (χ4v) is 3.58. The molecule has 0 spiro atoms. The van der Waals surface area contributed by atoms with Crippen molar-refractivity contribution in [2.24, 2.45) is 23.5 Å². The van der Waals surface area contributed by atoms with Crippen LogP contribution in [0.1, 0.15) is 31.2 Å². The number of carbonyl (C=O) groups excluding carboxylic acids is 1. The number of amides is 1. The Balaban J connectivity index is 1.72. The number of hydrogen-bond acceptors (Lipinski definition) is 2. The summed E-state index contributed by atoms with van der Waals surface area (Å²) in [6.07, 6.45) is 4.96. The Morgan fingerprint density at radius 3 is 2.47 bits per heavy atom. The molecule has 3 N–H and O–H groups in total. The molecule has 0 aromatic heterocycles. The van der Waals surface area contributed by atoms with Crippen molar-refractivity contribution >= 4 is 28.8 Å². The van der Waals surface area contributed by atoms with Crippen LogP contribution in [0.25, 0.3) is 0 Å². The second-order valence-electron chi connectivity index (χ2n) is 5.54. The Labute approximate surface area is 118 Å². The van der Waals surface area contributed by atoms with Gasteiger partial charge in [0.25, 0.3) is 0 Å². The van der Waals surface area contributed by atoms with E-state index in [1.54, 1.807) is 0 Å². The van der Waals surface area contributed by atoms with E-state index in [0.717, 1.165) is 11.3 Å². The van der Waals surface area contributed by atoms with E-state index in [1.807, 2.05) is 24.3 Å². The maximum atomic E-state index is 12.3. The van der Waals surface area contributed by atoms with Crippen molar-refractivity contribution in [3.8, 4) is 0 Å². The molecule has 2 fully saturated rings. The van der Waals surface area contributed by atoms with Crippen LogP contribution in [0.3, 0.4) is 0 Å². The molecule has 1 aromatic carbocycles. The minimum atomic E-state index is 0.139. The summed E-state index contributed by atoms with van der Waals surface area (Å²) < 4.78 is 0. The van der Waals surface area contributed by atoms with Gasteiger partial charge in [0.05, 0.1) is 5.69 Å². The van der Waals surface area contributed by atoms with Crippen molar-refractivity contribution in [3.05, 3.63) is 29.8 Å². The third-order valence-electron chi connectivity index (χ3n) is 4.41. The molecule has 1 amide bonds. The third kappa shape index (κ3) is 2.37. The second-order valence-corrected chi connectivity index (χ2v) is 5.98. The predicted molar refractivity (Wildman–Crippen MR) is 79.9 cm³/mol. The monoisotopic (exact) mass is 274 g/mol. The molecule has 2 atom stereocenters. The summed E-state index contributed by atoms with van der Waals surface area (Å²) in [5.41, 5.74) is 7.16. The van der Waals surface area contributed by atoms with Crippen LogP contribution in [0.5, 0.6) is 0 Å². The molecule has 19 heavy (non-hydrogen) atoms. The topological polar surface area (TPSA) is 55.1 Å². The lowest BCUT2D eigenvalue weighted by Gasteiger charge is -2.09. The molecule has 3 nitrogen and oxygen atoms in total. The minimum absolute atomic E-state index is 0.139. The lowest BCUT2D eigenvalue weighted by molar-refractivity contribution is -0.117. The van der Waals surface area contributed by atoms with Crippen LogP contribution in [0.4, 0.5) is 5.69 Å². The molecular weight excluding hydrogens is 256 g/mol. The summed E-state index contributed by atoms with van der Waals surface area (Å²) >= 11 is 5.01. The van der Waals surface area contributed by atoms with Crippen LogP contribution >= 0.6 is 12.2 Å². The van der Waals surface area contributed by atoms with Gasteiger partial charge in [-0.3, -0.25) is 4.79 Å². The van der Waals surface area contributed by atoms with Gasteiger partial charge in [-0.15, -0.1) is 0 Å². The smallest absolute Gasteiger partial charge is 0.228 e. The summed E-state index contributed by atoms with van der Waals surface area (Å²) in [5, 5.41) is 3.00. The molecule has 4 heteroatoms. The average molecular weight is 274 g/mol. The first-order chi connectivity index (χ1) is 9.18. The Morgan fingerprint density at radius 2 is 1.84 bits per heavy atom. The van der Waals surface area contributed by atoms with Crippen LogP contribution in [-0.4, -0.2) is 10.9 Å². The summed E-state index contributed by atoms with van der Waals surface area (Å²) in [6.45, 7) is 0. The van der Waals surface area contributed by atoms with Gasteiger partial charge in [0.2, 0.25) is 5.91 Å². The highest BCUT2D eigenvalue weighted by atomic mass is 32.1. The van der Waals surface area contributed by atoms with Gasteiger partial charge in [-0.1, -0.05) is 37.2 Å². The lowest BCUT2D eigenvalue weighted by Crippen LogP contribution is -2.19. The van der Waals surface area contributed by atoms with E-state index in [0.29, 0.717) is 16.8 Å². The molecule has 0 bridgehead atoms. The Bertz CT molecular complexity index is 517. The summed E-state index contributed by atoms with van der Waals surface area (Å²) in [4.78, 5) is 12.6. The highest BCUT2D eigenvalue weighted by Gasteiger charge is 2.54. The maximum absolute atomic E-state index is 12.3. The van der Waals surface area contributed by atoms with E-state index in [4.69, 9.17) is 18.0 Å². The van der Waals surface area contributed by atoms with Crippen molar-refractivity contribution in [3.63, 3.8) is 0 Å². The number of para-hydroxylation sites is 1. The van der Waals surface area contributed by atoms with Crippen molar-refractivity contribution in [1.29, 1.82) is 0 Å². The first-order valence-corrected chi connectivity index (χ1v) is 7.29. The highest BCUT2D eigenvalue weighted by Crippen LogP contribution is 2.55. The lowest BCUT2D eigenvalue weighted by atomic mass is 10.0. The molecule has 2 aliphatic rings. The number of anilines is 1. The van der Waals surface area contributed by atoms with Gasteiger partial charge in [0.1, 0.15) is 4.99 Å². The molecular formula is C15H18N2OS. The number of nitrogens with one attached hydrogen (secondary N) is 1. The molecule has 0 saturated heterocycles. The Kier molecular flexibility index (Phi) is 3.27. The quantitative estimate of drug-likeness (QED) is 0.833. The van der Waals surface area contributed by atoms with Gasteiger partial charge >= 0.3 is 0 Å². The van der Waals surface area contributed by atoms with E-state index in [1.165, 1.54) is 25.7 Å². The number of rotatable bonds is 3. The number of benzene rings is 1. The molecule has 0 heterocycles. The van der Waals surface area contributed by atoms with E-state index in [9.17, 15) is 4.79 Å². The van der Waals surface area contributed by atoms with E-state index >= 15 is 0 Å². The SMILES string of the molecule is NC(=S)c1ccccc1NC(=O)C1C2CCCCC21. The normalized spacial score (nSPS) is 28.3. The summed E-state index contributed by atoms with van der Waals surface area (Å²) in [5.74, 6) is 1.58. The van der Waals surface area contributed by atoms with E-state index in [2.05, 4.69) is 5.32 Å². The van der Waals surface area contributed by atoms with Crippen LogP contribution in [-0.2, 0) is 4.79 Å². The highest BCUT2D eigenvalue weighted by molar-refractivity contribution is 7.80. The van der Waals surface area contributed by atoms with E-state index < -0.39 is 0 Å². The molecule has 2 unspecified atom stereocenters. The zero-order valence-electron chi connectivity index (χ0n) is 10.8. The molecule has 2 aliphatic carbocycles. The standard InChI is InChI=1S/C15H18N2OS/c16-14(19)11-7-3-4-8-12(11)17-15(18)13-9-5-1-2-6-10(9)13/h3-4,7-10,13H,1-2,5-6H2,(H2,16,19)(H,17,18). The fourth-order valence-electron chi connectivity index (χ4n) is 3.40. The third-order valence-corrected chi connectivity index (χ3v) is 4.63. The van der Waals surface area contributed by atoms with Gasteiger partial charge in [-0.25, -0.2) is 0 Å². The summed E-state index contributed by atoms with van der Waals surface area (Å²) in [7, 11) is 0. The van der Waals surface area contributed by atoms with Crippen molar-refractivity contribution in [1.82, 2.24) is 0 Å². The Hall–Kier alpha value is -1.42. The maximum Gasteiger partial charge on any atom is 0.228 e. The van der Waals surface area contributed by atoms with Crippen LogP contribution in [0.15, 0.2) is 24.3 Å². The van der Waals surface area contributed by atoms with Crippen LogP contribution in [0.2, 0.25) is 0 Å².